The fourth-order valence-corrected chi connectivity index (χ4v) is 5.34. The largest absolute Gasteiger partial charge is 0.490 e. The topological polar surface area (TPSA) is 70.2 Å². The summed E-state index contributed by atoms with van der Waals surface area (Å²) in [5.41, 5.74) is 1.08. The Balaban J connectivity index is 1.40. The molecular formula is C28H34BrN3O4. The predicted octanol–water partition coefficient (Wildman–Crippen LogP) is 4.11. The van der Waals surface area contributed by atoms with E-state index in [-0.39, 0.29) is 29.7 Å². The third kappa shape index (κ3) is 7.09. The molecule has 2 aliphatic heterocycles. The van der Waals surface area contributed by atoms with Crippen LogP contribution in [0.15, 0.2) is 59.1 Å². The van der Waals surface area contributed by atoms with Crippen LogP contribution in [0.1, 0.15) is 37.7 Å². The number of amides is 3. The summed E-state index contributed by atoms with van der Waals surface area (Å²) in [5, 5.41) is 0. The number of hydrogen-bond donors (Lipinski definition) is 0. The van der Waals surface area contributed by atoms with Crippen molar-refractivity contribution in [2.75, 3.05) is 33.2 Å². The molecule has 4 rings (SSSR count). The molecule has 0 bridgehead atoms. The van der Waals surface area contributed by atoms with E-state index in [1.807, 2.05) is 66.5 Å². The van der Waals surface area contributed by atoms with Crippen LogP contribution in [-0.4, -0.2) is 71.8 Å². The van der Waals surface area contributed by atoms with Gasteiger partial charge < -0.3 is 19.4 Å². The second-order valence-electron chi connectivity index (χ2n) is 9.68. The summed E-state index contributed by atoms with van der Waals surface area (Å²) < 4.78 is 7.27. The van der Waals surface area contributed by atoms with E-state index in [0.717, 1.165) is 28.8 Å². The number of nitrogens with zero attached hydrogens (tertiary/aromatic N) is 3. The Labute approximate surface area is 221 Å². The molecule has 0 aromatic heterocycles. The zero-order valence-corrected chi connectivity index (χ0v) is 22.4. The Kier molecular flexibility index (Phi) is 9.02. The molecule has 2 heterocycles. The molecule has 8 heteroatoms. The number of benzene rings is 2. The van der Waals surface area contributed by atoms with Gasteiger partial charge in [-0.1, -0.05) is 52.3 Å². The van der Waals surface area contributed by atoms with E-state index in [1.54, 1.807) is 9.80 Å². The molecule has 36 heavy (non-hydrogen) atoms. The first-order chi connectivity index (χ1) is 17.4. The molecule has 0 radical (unpaired) electrons. The molecule has 7 nitrogen and oxygen atoms in total. The van der Waals surface area contributed by atoms with Crippen LogP contribution in [0, 0.1) is 5.92 Å². The quantitative estimate of drug-likeness (QED) is 0.467. The van der Waals surface area contributed by atoms with Crippen LogP contribution in [0.5, 0.6) is 5.75 Å². The fourth-order valence-electron chi connectivity index (χ4n) is 4.96. The molecule has 2 atom stereocenters. The Morgan fingerprint density at radius 2 is 1.92 bits per heavy atom. The first-order valence-electron chi connectivity index (χ1n) is 12.6. The second kappa shape index (κ2) is 12.4. The molecular weight excluding hydrogens is 522 g/mol. The lowest BCUT2D eigenvalue weighted by Gasteiger charge is -2.39. The number of carbonyl (C=O) groups excluding carboxylic acids is 3. The summed E-state index contributed by atoms with van der Waals surface area (Å²) in [6.07, 6.45) is 2.55. The van der Waals surface area contributed by atoms with Crippen molar-refractivity contribution in [1.82, 2.24) is 14.7 Å². The van der Waals surface area contributed by atoms with E-state index >= 15 is 0 Å². The minimum absolute atomic E-state index is 0.0312. The van der Waals surface area contributed by atoms with E-state index < -0.39 is 0 Å². The van der Waals surface area contributed by atoms with E-state index in [2.05, 4.69) is 15.9 Å². The van der Waals surface area contributed by atoms with Crippen molar-refractivity contribution in [2.45, 2.75) is 44.8 Å². The number of halogens is 1. The number of carbonyl (C=O) groups is 3. The minimum atomic E-state index is -0.169. The summed E-state index contributed by atoms with van der Waals surface area (Å²) >= 11 is 3.49. The molecule has 2 saturated heterocycles. The summed E-state index contributed by atoms with van der Waals surface area (Å²) in [7, 11) is 1.82. The van der Waals surface area contributed by atoms with Gasteiger partial charge in [0.15, 0.2) is 0 Å². The van der Waals surface area contributed by atoms with Gasteiger partial charge in [-0.2, -0.15) is 0 Å². The molecule has 2 fully saturated rings. The van der Waals surface area contributed by atoms with Gasteiger partial charge in [-0.05, 0) is 30.2 Å². The van der Waals surface area contributed by atoms with Crippen LogP contribution in [0.2, 0.25) is 0 Å². The van der Waals surface area contributed by atoms with Crippen molar-refractivity contribution in [3.05, 3.63) is 64.6 Å². The fraction of sp³-hybridized carbons (Fsp3) is 0.464. The summed E-state index contributed by atoms with van der Waals surface area (Å²) in [4.78, 5) is 43.5. The maximum Gasteiger partial charge on any atom is 0.224 e. The number of hydrogen-bond acceptors (Lipinski definition) is 4. The smallest absolute Gasteiger partial charge is 0.224 e. The molecule has 192 valence electrons. The van der Waals surface area contributed by atoms with Crippen molar-refractivity contribution < 1.29 is 19.1 Å². The lowest BCUT2D eigenvalue weighted by molar-refractivity contribution is -0.139. The lowest BCUT2D eigenvalue weighted by Crippen LogP contribution is -2.49. The van der Waals surface area contributed by atoms with E-state index in [0.29, 0.717) is 51.9 Å². The second-order valence-corrected chi connectivity index (χ2v) is 10.6. The van der Waals surface area contributed by atoms with Gasteiger partial charge in [-0.3, -0.25) is 14.4 Å². The van der Waals surface area contributed by atoms with Crippen LogP contribution in [0.25, 0.3) is 0 Å². The average molecular weight is 557 g/mol. The molecule has 0 spiro atoms. The number of rotatable bonds is 9. The third-order valence-corrected chi connectivity index (χ3v) is 7.49. The highest BCUT2D eigenvalue weighted by atomic mass is 79.9. The predicted molar refractivity (Wildman–Crippen MR) is 141 cm³/mol. The lowest BCUT2D eigenvalue weighted by atomic mass is 9.90. The van der Waals surface area contributed by atoms with Crippen molar-refractivity contribution in [3.8, 4) is 5.75 Å². The Bertz CT molecular complexity index is 1060. The van der Waals surface area contributed by atoms with Gasteiger partial charge in [0.25, 0.3) is 0 Å². The van der Waals surface area contributed by atoms with Gasteiger partial charge in [-0.25, -0.2) is 0 Å². The summed E-state index contributed by atoms with van der Waals surface area (Å²) in [6.45, 7) is 2.79. The monoisotopic (exact) mass is 555 g/mol. The molecule has 0 saturated carbocycles. The number of piperidine rings is 1. The average Bonchev–Trinajstić information content (AvgIpc) is 3.28. The van der Waals surface area contributed by atoms with E-state index in [4.69, 9.17) is 4.74 Å². The van der Waals surface area contributed by atoms with Crippen LogP contribution < -0.4 is 4.74 Å². The number of ether oxygens (including phenoxy) is 1. The maximum absolute atomic E-state index is 13.2. The minimum Gasteiger partial charge on any atom is -0.490 e. The van der Waals surface area contributed by atoms with Crippen molar-refractivity contribution >= 4 is 33.7 Å². The van der Waals surface area contributed by atoms with Gasteiger partial charge in [0.2, 0.25) is 17.7 Å². The maximum atomic E-state index is 13.2. The molecule has 2 aromatic rings. The molecule has 2 aliphatic rings. The van der Waals surface area contributed by atoms with Crippen LogP contribution in [0.3, 0.4) is 0 Å². The number of likely N-dealkylation sites (tertiary alicyclic amines) is 2. The standard InChI is InChI=1S/C28H34BrN3O4/c1-30(19-21-7-3-2-4-8-21)28(35)17-22-20-32(27(34)13-16-31-14-6-11-26(31)33)15-12-25(22)36-24-10-5-9-23(29)18-24/h2-5,7-10,18,22,25H,6,11-17,19-20H2,1H3/t22-,25-/m0/s1. The first kappa shape index (κ1) is 26.2. The molecule has 0 unspecified atom stereocenters. The SMILES string of the molecule is CN(Cc1ccccc1)C(=O)C[C@H]1CN(C(=O)CCN2CCCC2=O)CC[C@@H]1Oc1cccc(Br)c1. The highest BCUT2D eigenvalue weighted by Crippen LogP contribution is 2.28. The summed E-state index contributed by atoms with van der Waals surface area (Å²) in [5.74, 6) is 0.820. The Hall–Kier alpha value is -2.87. The van der Waals surface area contributed by atoms with Crippen molar-refractivity contribution in [1.29, 1.82) is 0 Å². The Morgan fingerprint density at radius 3 is 2.64 bits per heavy atom. The van der Waals surface area contributed by atoms with Gasteiger partial charge in [0.1, 0.15) is 11.9 Å². The van der Waals surface area contributed by atoms with Crippen LogP contribution in [-0.2, 0) is 20.9 Å². The normalized spacial score (nSPS) is 19.9. The van der Waals surface area contributed by atoms with Crippen molar-refractivity contribution in [2.24, 2.45) is 5.92 Å². The molecule has 0 aliphatic carbocycles. The van der Waals surface area contributed by atoms with Crippen LogP contribution in [0.4, 0.5) is 0 Å². The van der Waals surface area contributed by atoms with Gasteiger partial charge in [0, 0.05) is 75.8 Å². The molecule has 0 N–H and O–H groups in total. The zero-order valence-electron chi connectivity index (χ0n) is 20.8. The summed E-state index contributed by atoms with van der Waals surface area (Å²) in [6, 6.07) is 17.6. The van der Waals surface area contributed by atoms with E-state index in [9.17, 15) is 14.4 Å². The highest BCUT2D eigenvalue weighted by molar-refractivity contribution is 9.10. The Morgan fingerprint density at radius 1 is 1.11 bits per heavy atom. The molecule has 2 aromatic carbocycles. The first-order valence-corrected chi connectivity index (χ1v) is 13.4. The third-order valence-electron chi connectivity index (χ3n) is 6.99. The molecule has 3 amide bonds. The van der Waals surface area contributed by atoms with E-state index in [1.165, 1.54) is 0 Å². The van der Waals surface area contributed by atoms with Gasteiger partial charge in [-0.15, -0.1) is 0 Å². The van der Waals surface area contributed by atoms with Crippen LogP contribution >= 0.6 is 15.9 Å². The van der Waals surface area contributed by atoms with Gasteiger partial charge in [0.05, 0.1) is 0 Å². The highest BCUT2D eigenvalue weighted by Gasteiger charge is 2.35. The zero-order chi connectivity index (χ0) is 25.5. The van der Waals surface area contributed by atoms with Gasteiger partial charge >= 0.3 is 0 Å². The van der Waals surface area contributed by atoms with Crippen molar-refractivity contribution in [3.63, 3.8) is 0 Å².